The first-order chi connectivity index (χ1) is 23.8. The molecule has 49 heavy (non-hydrogen) atoms. The van der Waals surface area contributed by atoms with Gasteiger partial charge in [0, 0.05) is 43.7 Å². The SMILES string of the molecule is COc1cc(OC)c(OC)cc1/C=C(\NC(=O)c1ccccc1)C(=O)Nc1ccc(SCC(=O)Nc2nc(-c3ccccc3Cl)cs2)cc1. The molecule has 0 aliphatic rings. The van der Waals surface area contributed by atoms with Crippen molar-refractivity contribution in [3.8, 4) is 28.5 Å². The maximum Gasteiger partial charge on any atom is 0.272 e. The summed E-state index contributed by atoms with van der Waals surface area (Å²) >= 11 is 8.92. The standard InChI is InChI=1S/C36H31ClN4O6S2/c1-45-30-19-32(47-3)31(46-2)18-23(30)17-28(39-34(43)22-9-5-4-6-10-22)35(44)38-24-13-15-25(16-14-24)48-21-33(42)41-36-40-29(20-49-36)26-11-7-8-12-27(26)37/h4-20H,21H2,1-3H3,(H,38,44)(H,39,43)(H,40,41,42)/b28-17-. The molecule has 13 heteroatoms. The molecular weight excluding hydrogens is 684 g/mol. The van der Waals surface area contributed by atoms with Gasteiger partial charge in [-0.15, -0.1) is 23.1 Å². The lowest BCUT2D eigenvalue weighted by Gasteiger charge is -2.15. The van der Waals surface area contributed by atoms with Crippen molar-refractivity contribution in [1.82, 2.24) is 10.3 Å². The van der Waals surface area contributed by atoms with Crippen LogP contribution in [0.3, 0.4) is 0 Å². The summed E-state index contributed by atoms with van der Waals surface area (Å²) < 4.78 is 16.3. The Hall–Kier alpha value is -5.30. The summed E-state index contributed by atoms with van der Waals surface area (Å²) in [5.41, 5.74) is 2.78. The number of halogens is 1. The van der Waals surface area contributed by atoms with Gasteiger partial charge in [0.2, 0.25) is 5.91 Å². The molecule has 0 spiro atoms. The zero-order valence-electron chi connectivity index (χ0n) is 26.6. The van der Waals surface area contributed by atoms with E-state index in [9.17, 15) is 14.4 Å². The average Bonchev–Trinajstić information content (AvgIpc) is 3.59. The van der Waals surface area contributed by atoms with E-state index in [0.29, 0.717) is 49.9 Å². The number of ether oxygens (including phenoxy) is 3. The molecule has 0 atom stereocenters. The zero-order valence-corrected chi connectivity index (χ0v) is 29.0. The molecule has 0 fully saturated rings. The summed E-state index contributed by atoms with van der Waals surface area (Å²) in [6.45, 7) is 0. The number of hydrogen-bond donors (Lipinski definition) is 3. The van der Waals surface area contributed by atoms with Crippen LogP contribution in [0.1, 0.15) is 15.9 Å². The highest BCUT2D eigenvalue weighted by Gasteiger charge is 2.18. The number of benzene rings is 4. The molecule has 4 aromatic carbocycles. The minimum absolute atomic E-state index is 0.0330. The molecule has 0 unspecified atom stereocenters. The van der Waals surface area contributed by atoms with Crippen LogP contribution in [-0.4, -0.2) is 49.8 Å². The number of thioether (sulfide) groups is 1. The Bertz CT molecular complexity index is 1980. The summed E-state index contributed by atoms with van der Waals surface area (Å²) in [5.74, 6) is 0.161. The molecule has 0 aliphatic carbocycles. The minimum Gasteiger partial charge on any atom is -0.496 e. The second kappa shape index (κ2) is 16.7. The molecule has 0 radical (unpaired) electrons. The maximum atomic E-state index is 13.6. The number of rotatable bonds is 13. The van der Waals surface area contributed by atoms with Gasteiger partial charge >= 0.3 is 0 Å². The van der Waals surface area contributed by atoms with E-state index < -0.39 is 11.8 Å². The number of carbonyl (C=O) groups is 3. The Balaban J connectivity index is 1.26. The van der Waals surface area contributed by atoms with Crippen molar-refractivity contribution in [2.24, 2.45) is 0 Å². The van der Waals surface area contributed by atoms with Crippen LogP contribution >= 0.6 is 34.7 Å². The van der Waals surface area contributed by atoms with Crippen molar-refractivity contribution in [1.29, 1.82) is 0 Å². The van der Waals surface area contributed by atoms with E-state index in [1.807, 2.05) is 23.6 Å². The third-order valence-electron chi connectivity index (χ3n) is 6.95. The lowest BCUT2D eigenvalue weighted by molar-refractivity contribution is -0.114. The monoisotopic (exact) mass is 714 g/mol. The fourth-order valence-corrected chi connectivity index (χ4v) is 6.18. The van der Waals surface area contributed by atoms with Gasteiger partial charge in [0.25, 0.3) is 11.8 Å². The van der Waals surface area contributed by atoms with Crippen LogP contribution in [0.25, 0.3) is 17.3 Å². The minimum atomic E-state index is -0.569. The van der Waals surface area contributed by atoms with Crippen LogP contribution in [0.2, 0.25) is 5.02 Å². The van der Waals surface area contributed by atoms with Crippen molar-refractivity contribution in [2.45, 2.75) is 4.90 Å². The van der Waals surface area contributed by atoms with Gasteiger partial charge in [0.1, 0.15) is 11.4 Å². The Morgan fingerprint density at radius 2 is 1.51 bits per heavy atom. The second-order valence-corrected chi connectivity index (χ2v) is 12.5. The highest BCUT2D eigenvalue weighted by atomic mass is 35.5. The van der Waals surface area contributed by atoms with Gasteiger partial charge in [-0.1, -0.05) is 48.0 Å². The van der Waals surface area contributed by atoms with Crippen molar-refractivity contribution < 1.29 is 28.6 Å². The Kier molecular flexibility index (Phi) is 11.9. The lowest BCUT2D eigenvalue weighted by Crippen LogP contribution is -2.30. The van der Waals surface area contributed by atoms with Crippen LogP contribution in [0.5, 0.6) is 17.2 Å². The smallest absolute Gasteiger partial charge is 0.272 e. The number of nitrogens with one attached hydrogen (secondary N) is 3. The summed E-state index contributed by atoms with van der Waals surface area (Å²) in [6, 6.07) is 26.2. The van der Waals surface area contributed by atoms with Crippen molar-refractivity contribution in [3.05, 3.63) is 118 Å². The second-order valence-electron chi connectivity index (χ2n) is 10.2. The van der Waals surface area contributed by atoms with E-state index in [4.69, 9.17) is 25.8 Å². The number of amides is 3. The van der Waals surface area contributed by atoms with Crippen LogP contribution in [0, 0.1) is 0 Å². The largest absolute Gasteiger partial charge is 0.496 e. The molecule has 0 saturated carbocycles. The Labute approximate surface area is 296 Å². The predicted molar refractivity (Wildman–Crippen MR) is 195 cm³/mol. The van der Waals surface area contributed by atoms with Crippen LogP contribution in [-0.2, 0) is 9.59 Å². The Morgan fingerprint density at radius 1 is 0.837 bits per heavy atom. The molecule has 0 saturated heterocycles. The lowest BCUT2D eigenvalue weighted by atomic mass is 10.1. The van der Waals surface area contributed by atoms with Crippen molar-refractivity contribution in [2.75, 3.05) is 37.7 Å². The summed E-state index contributed by atoms with van der Waals surface area (Å²) in [5, 5.41) is 11.3. The van der Waals surface area contributed by atoms with Crippen molar-refractivity contribution in [3.63, 3.8) is 0 Å². The Morgan fingerprint density at radius 3 is 2.20 bits per heavy atom. The van der Waals surface area contributed by atoms with E-state index in [1.165, 1.54) is 50.5 Å². The molecule has 10 nitrogen and oxygen atoms in total. The number of aromatic nitrogens is 1. The number of anilines is 2. The number of hydrogen-bond acceptors (Lipinski definition) is 9. The number of carbonyl (C=O) groups excluding carboxylic acids is 3. The topological polar surface area (TPSA) is 128 Å². The molecule has 5 rings (SSSR count). The van der Waals surface area contributed by atoms with Crippen molar-refractivity contribution >= 4 is 69.3 Å². The van der Waals surface area contributed by atoms with E-state index in [0.717, 1.165) is 10.5 Å². The average molecular weight is 715 g/mol. The van der Waals surface area contributed by atoms with Gasteiger partial charge in [-0.2, -0.15) is 0 Å². The molecule has 0 bridgehead atoms. The maximum absolute atomic E-state index is 13.6. The fraction of sp³-hybridized carbons (Fsp3) is 0.111. The number of thiazole rings is 1. The van der Waals surface area contributed by atoms with Crippen LogP contribution in [0.15, 0.2) is 107 Å². The fourth-order valence-electron chi connectivity index (χ4n) is 4.52. The summed E-state index contributed by atoms with van der Waals surface area (Å²) in [4.78, 5) is 44.6. The highest BCUT2D eigenvalue weighted by molar-refractivity contribution is 8.00. The van der Waals surface area contributed by atoms with E-state index in [2.05, 4.69) is 20.9 Å². The van der Waals surface area contributed by atoms with Gasteiger partial charge in [-0.3, -0.25) is 14.4 Å². The van der Waals surface area contributed by atoms with Crippen LogP contribution in [0.4, 0.5) is 10.8 Å². The first-order valence-electron chi connectivity index (χ1n) is 14.7. The van der Waals surface area contributed by atoms with Gasteiger partial charge in [-0.25, -0.2) is 4.98 Å². The number of methoxy groups -OCH3 is 3. The highest BCUT2D eigenvalue weighted by Crippen LogP contribution is 2.36. The molecule has 1 aromatic heterocycles. The third kappa shape index (κ3) is 9.20. The molecule has 3 N–H and O–H groups in total. The van der Waals surface area contributed by atoms with Gasteiger partial charge < -0.3 is 30.2 Å². The van der Waals surface area contributed by atoms with Crippen LogP contribution < -0.4 is 30.2 Å². The van der Waals surface area contributed by atoms with Gasteiger partial charge in [0.15, 0.2) is 16.6 Å². The number of nitrogens with zero attached hydrogens (tertiary/aromatic N) is 1. The molecule has 0 aliphatic heterocycles. The predicted octanol–water partition coefficient (Wildman–Crippen LogP) is 7.63. The van der Waals surface area contributed by atoms with E-state index in [1.54, 1.807) is 72.8 Å². The normalized spacial score (nSPS) is 11.0. The molecule has 250 valence electrons. The first kappa shape index (κ1) is 35.0. The third-order valence-corrected chi connectivity index (χ3v) is 9.05. The molecular formula is C36H31ClN4O6S2. The molecule has 3 amide bonds. The molecule has 1 heterocycles. The summed E-state index contributed by atoms with van der Waals surface area (Å²) in [7, 11) is 4.49. The van der Waals surface area contributed by atoms with E-state index in [-0.39, 0.29) is 17.4 Å². The van der Waals surface area contributed by atoms with Gasteiger partial charge in [-0.05, 0) is 54.6 Å². The first-order valence-corrected chi connectivity index (χ1v) is 16.9. The summed E-state index contributed by atoms with van der Waals surface area (Å²) in [6.07, 6.45) is 1.50. The van der Waals surface area contributed by atoms with E-state index >= 15 is 0 Å². The van der Waals surface area contributed by atoms with Gasteiger partial charge in [0.05, 0.1) is 32.8 Å². The quantitative estimate of drug-likeness (QED) is 0.0840. The zero-order chi connectivity index (χ0) is 34.8. The molecule has 5 aromatic rings.